The fraction of sp³-hybridized carbons (Fsp3) is 0.0909. The Bertz CT molecular complexity index is 589. The molecule has 0 radical (unpaired) electrons. The lowest BCUT2D eigenvalue weighted by Gasteiger charge is -1.98. The molecule has 0 N–H and O–H groups in total. The third kappa shape index (κ3) is 1.59. The lowest BCUT2D eigenvalue weighted by molar-refractivity contribution is -0.121. The van der Waals surface area contributed by atoms with Gasteiger partial charge < -0.3 is 4.74 Å². The van der Waals surface area contributed by atoms with E-state index in [-0.39, 0.29) is 0 Å². The predicted octanol–water partition coefficient (Wildman–Crippen LogP) is 0.836. The van der Waals surface area contributed by atoms with Gasteiger partial charge in [0.2, 0.25) is 5.90 Å². The molecule has 0 unspecified atom stereocenters. The van der Waals surface area contributed by atoms with E-state index >= 15 is 0 Å². The van der Waals surface area contributed by atoms with Gasteiger partial charge in [-0.2, -0.15) is 4.68 Å². The fourth-order valence-electron chi connectivity index (χ4n) is 1.70. The van der Waals surface area contributed by atoms with Gasteiger partial charge in [-0.3, -0.25) is 4.79 Å². The van der Waals surface area contributed by atoms with Crippen molar-refractivity contribution in [3.05, 3.63) is 36.2 Å². The Kier molecular flexibility index (Phi) is 2.18. The van der Waals surface area contributed by atoms with Crippen molar-refractivity contribution in [1.82, 2.24) is 14.9 Å². The van der Waals surface area contributed by atoms with Crippen LogP contribution in [0.25, 0.3) is 11.4 Å². The quantitative estimate of drug-likeness (QED) is 0.714. The Hall–Kier alpha value is -2.50. The van der Waals surface area contributed by atoms with Crippen LogP contribution in [0.4, 0.5) is 0 Å². The lowest BCUT2D eigenvalue weighted by Crippen LogP contribution is -2.03. The Morgan fingerprint density at radius 3 is 2.82 bits per heavy atom. The van der Waals surface area contributed by atoms with Crippen molar-refractivity contribution in [2.45, 2.75) is 6.42 Å². The maximum Gasteiger partial charge on any atom is 0.299 e. The fourth-order valence-corrected chi connectivity index (χ4v) is 1.70. The van der Waals surface area contributed by atoms with Gasteiger partial charge in [0.1, 0.15) is 0 Å². The van der Waals surface area contributed by atoms with Gasteiger partial charge in [0.25, 0.3) is 6.47 Å². The summed E-state index contributed by atoms with van der Waals surface area (Å²) in [4.78, 5) is 10.2. The molecule has 0 fully saturated rings. The highest BCUT2D eigenvalue weighted by Gasteiger charge is 2.22. The molecule has 2 heterocycles. The molecule has 1 aliphatic rings. The lowest BCUT2D eigenvalue weighted by atomic mass is 10.2. The second-order valence-electron chi connectivity index (χ2n) is 3.50. The van der Waals surface area contributed by atoms with E-state index in [0.29, 0.717) is 30.4 Å². The van der Waals surface area contributed by atoms with E-state index in [1.807, 2.05) is 30.3 Å². The Morgan fingerprint density at radius 1 is 1.24 bits per heavy atom. The molecule has 2 aromatic rings. The van der Waals surface area contributed by atoms with Crippen molar-refractivity contribution < 1.29 is 9.53 Å². The molecule has 0 saturated carbocycles. The van der Waals surface area contributed by atoms with Gasteiger partial charge in [-0.15, -0.1) is 15.3 Å². The summed E-state index contributed by atoms with van der Waals surface area (Å²) in [6, 6.07) is 9.60. The molecule has 0 saturated heterocycles. The zero-order valence-corrected chi connectivity index (χ0v) is 8.78. The number of hydrogen-bond acceptors (Lipinski definition) is 5. The molecule has 84 valence electrons. The number of rotatable bonds is 2. The minimum absolute atomic E-state index is 0.335. The zero-order chi connectivity index (χ0) is 11.7. The first kappa shape index (κ1) is 9.71. The molecule has 0 atom stereocenters. The third-order valence-electron chi connectivity index (χ3n) is 2.44. The van der Waals surface area contributed by atoms with Gasteiger partial charge in [-0.1, -0.05) is 30.3 Å². The van der Waals surface area contributed by atoms with Crippen molar-refractivity contribution in [3.63, 3.8) is 0 Å². The number of benzene rings is 1. The molecule has 1 aliphatic heterocycles. The summed E-state index contributed by atoms with van der Waals surface area (Å²) in [5, 5.41) is 12.2. The van der Waals surface area contributed by atoms with Crippen LogP contribution in [-0.2, 0) is 16.0 Å². The van der Waals surface area contributed by atoms with E-state index < -0.39 is 0 Å². The van der Waals surface area contributed by atoms with E-state index in [2.05, 4.69) is 15.3 Å². The van der Waals surface area contributed by atoms with Gasteiger partial charge in [0.15, 0.2) is 11.6 Å². The number of ether oxygens (including phenoxy) is 1. The number of aromatic nitrogens is 3. The first-order valence-electron chi connectivity index (χ1n) is 5.06. The van der Waals surface area contributed by atoms with E-state index in [4.69, 9.17) is 4.74 Å². The standard InChI is InChI=1S/C11H8N4O2/c16-7-17-10-6-9-12-13-11(15(9)14-10)8-4-2-1-3-5-8/h1-5,7H,6H2. The van der Waals surface area contributed by atoms with Crippen molar-refractivity contribution in [2.24, 2.45) is 5.10 Å². The predicted molar refractivity (Wildman–Crippen MR) is 59.1 cm³/mol. The minimum Gasteiger partial charge on any atom is -0.412 e. The van der Waals surface area contributed by atoms with Crippen molar-refractivity contribution in [3.8, 4) is 11.4 Å². The average molecular weight is 228 g/mol. The number of nitrogens with zero attached hydrogens (tertiary/aromatic N) is 4. The first-order chi connectivity index (χ1) is 8.38. The number of fused-ring (bicyclic) bond motifs is 1. The molecule has 0 aliphatic carbocycles. The molecule has 6 nitrogen and oxygen atoms in total. The summed E-state index contributed by atoms with van der Waals surface area (Å²) in [6.07, 6.45) is 0.387. The molecule has 1 aromatic heterocycles. The van der Waals surface area contributed by atoms with E-state index in [0.717, 1.165) is 5.56 Å². The van der Waals surface area contributed by atoms with Crippen molar-refractivity contribution >= 4 is 12.4 Å². The summed E-state index contributed by atoms with van der Waals surface area (Å²) in [5.74, 6) is 1.65. The van der Waals surface area contributed by atoms with Gasteiger partial charge in [0, 0.05) is 5.56 Å². The Balaban J connectivity index is 2.03. The normalized spacial score (nSPS) is 13.1. The summed E-state index contributed by atoms with van der Waals surface area (Å²) >= 11 is 0. The maximum atomic E-state index is 10.2. The van der Waals surface area contributed by atoms with Gasteiger partial charge in [0.05, 0.1) is 6.42 Å². The molecule has 17 heavy (non-hydrogen) atoms. The van der Waals surface area contributed by atoms with Crippen molar-refractivity contribution in [1.29, 1.82) is 0 Å². The van der Waals surface area contributed by atoms with Crippen LogP contribution in [0.1, 0.15) is 5.82 Å². The number of hydrogen-bond donors (Lipinski definition) is 0. The van der Waals surface area contributed by atoms with Gasteiger partial charge in [-0.05, 0) is 0 Å². The minimum atomic E-state index is 0.335. The second kappa shape index (κ2) is 3.82. The molecule has 0 spiro atoms. The van der Waals surface area contributed by atoms with Gasteiger partial charge >= 0.3 is 0 Å². The maximum absolute atomic E-state index is 10.2. The van der Waals surface area contributed by atoms with Gasteiger partial charge in [-0.25, -0.2) is 0 Å². The zero-order valence-electron chi connectivity index (χ0n) is 8.78. The molecule has 6 heteroatoms. The number of carbonyl (C=O) groups is 1. The summed E-state index contributed by atoms with van der Waals surface area (Å²) in [5.41, 5.74) is 0.919. The summed E-state index contributed by atoms with van der Waals surface area (Å²) in [7, 11) is 0. The second-order valence-corrected chi connectivity index (χ2v) is 3.50. The smallest absolute Gasteiger partial charge is 0.299 e. The van der Waals surface area contributed by atoms with Crippen LogP contribution in [0.5, 0.6) is 0 Å². The SMILES string of the molecule is O=COC1=Nn2c(nnc2-c2ccccc2)C1. The molecule has 1 aromatic carbocycles. The van der Waals surface area contributed by atoms with Crippen LogP contribution in [-0.4, -0.2) is 27.2 Å². The highest BCUT2D eigenvalue weighted by molar-refractivity contribution is 5.85. The topological polar surface area (TPSA) is 69.4 Å². The van der Waals surface area contributed by atoms with E-state index in [1.54, 1.807) is 4.68 Å². The average Bonchev–Trinajstić information content (AvgIpc) is 2.90. The molecule has 0 bridgehead atoms. The Labute approximate surface area is 96.5 Å². The molecule has 0 amide bonds. The largest absolute Gasteiger partial charge is 0.412 e. The third-order valence-corrected chi connectivity index (χ3v) is 2.44. The van der Waals surface area contributed by atoms with Crippen molar-refractivity contribution in [2.75, 3.05) is 0 Å². The van der Waals surface area contributed by atoms with E-state index in [9.17, 15) is 4.79 Å². The Morgan fingerprint density at radius 2 is 2.06 bits per heavy atom. The highest BCUT2D eigenvalue weighted by Crippen LogP contribution is 2.21. The monoisotopic (exact) mass is 228 g/mol. The summed E-state index contributed by atoms with van der Waals surface area (Å²) in [6.45, 7) is 0.362. The van der Waals surface area contributed by atoms with E-state index in [1.165, 1.54) is 0 Å². The molecular weight excluding hydrogens is 220 g/mol. The van der Waals surface area contributed by atoms with Crippen LogP contribution < -0.4 is 0 Å². The van der Waals surface area contributed by atoms with Crippen LogP contribution >= 0.6 is 0 Å². The highest BCUT2D eigenvalue weighted by atomic mass is 16.5. The molecular formula is C11H8N4O2. The number of carbonyl (C=O) groups excluding carboxylic acids is 1. The van der Waals surface area contributed by atoms with Crippen LogP contribution in [0.15, 0.2) is 35.4 Å². The summed E-state index contributed by atoms with van der Waals surface area (Å²) < 4.78 is 6.31. The molecule has 3 rings (SSSR count). The van der Waals surface area contributed by atoms with Crippen LogP contribution in [0, 0.1) is 0 Å². The van der Waals surface area contributed by atoms with Crippen LogP contribution in [0.2, 0.25) is 0 Å². The first-order valence-corrected chi connectivity index (χ1v) is 5.06. The van der Waals surface area contributed by atoms with Crippen LogP contribution in [0.3, 0.4) is 0 Å².